The van der Waals surface area contributed by atoms with Crippen molar-refractivity contribution in [3.05, 3.63) is 42.1 Å². The van der Waals surface area contributed by atoms with Crippen LogP contribution in [0.25, 0.3) is 0 Å². The fraction of sp³-hybridized carbons (Fsp3) is 0.438. The topological polar surface area (TPSA) is 20.3 Å². The molecule has 1 aromatic rings. The lowest BCUT2D eigenvalue weighted by Crippen LogP contribution is -2.40. The van der Waals surface area contributed by atoms with Crippen LogP contribution < -0.4 is 4.90 Å². The van der Waals surface area contributed by atoms with E-state index in [2.05, 4.69) is 13.8 Å². The molecule has 18 heavy (non-hydrogen) atoms. The number of benzene rings is 1. The van der Waals surface area contributed by atoms with Crippen molar-refractivity contribution in [1.29, 1.82) is 0 Å². The first-order valence-electron chi connectivity index (χ1n) is 6.75. The van der Waals surface area contributed by atoms with Gasteiger partial charge in [0.2, 0.25) is 5.91 Å². The molecular weight excluding hydrogens is 222 g/mol. The molecule has 0 aromatic heterocycles. The zero-order chi connectivity index (χ0) is 12.7. The van der Waals surface area contributed by atoms with Crippen LogP contribution in [0.2, 0.25) is 0 Å². The van der Waals surface area contributed by atoms with Gasteiger partial charge in [0.1, 0.15) is 0 Å². The second-order valence-electron chi connectivity index (χ2n) is 5.60. The molecule has 0 N–H and O–H groups in total. The smallest absolute Gasteiger partial charge is 0.235 e. The molecule has 2 heteroatoms. The number of nitrogens with zero attached hydrogens (tertiary/aromatic N) is 1. The predicted molar refractivity (Wildman–Crippen MR) is 73.1 cm³/mol. The Labute approximate surface area is 108 Å². The van der Waals surface area contributed by atoms with Crippen LogP contribution in [0, 0.1) is 17.8 Å². The van der Waals surface area contributed by atoms with Crippen LogP contribution in [0.3, 0.4) is 0 Å². The minimum absolute atomic E-state index is 0.190. The van der Waals surface area contributed by atoms with E-state index in [1.54, 1.807) is 0 Å². The summed E-state index contributed by atoms with van der Waals surface area (Å²) in [6.45, 7) is 4.38. The molecule has 3 atom stereocenters. The molecule has 1 aromatic carbocycles. The normalized spacial score (nSPS) is 31.2. The molecule has 0 bridgehead atoms. The molecule has 1 fully saturated rings. The van der Waals surface area contributed by atoms with Gasteiger partial charge in [-0.2, -0.15) is 0 Å². The largest absolute Gasteiger partial charge is 0.288 e. The molecule has 1 aliphatic heterocycles. The second kappa shape index (κ2) is 4.27. The molecule has 0 saturated heterocycles. The first-order chi connectivity index (χ1) is 8.68. The van der Waals surface area contributed by atoms with Crippen molar-refractivity contribution < 1.29 is 4.79 Å². The molecule has 1 aliphatic carbocycles. The van der Waals surface area contributed by atoms with Crippen molar-refractivity contribution >= 4 is 11.6 Å². The Hall–Kier alpha value is -1.57. The molecule has 2 unspecified atom stereocenters. The Bertz CT molecular complexity index is 491. The summed E-state index contributed by atoms with van der Waals surface area (Å²) in [7, 11) is 0. The highest BCUT2D eigenvalue weighted by Gasteiger charge is 2.43. The van der Waals surface area contributed by atoms with E-state index in [1.807, 2.05) is 41.4 Å². The summed E-state index contributed by atoms with van der Waals surface area (Å²) >= 11 is 0. The molecular formula is C16H19NO. The number of rotatable bonds is 1. The number of amides is 1. The average Bonchev–Trinajstić information content (AvgIpc) is 2.78. The van der Waals surface area contributed by atoms with Gasteiger partial charge in [-0.15, -0.1) is 0 Å². The summed E-state index contributed by atoms with van der Waals surface area (Å²) in [5.41, 5.74) is 2.34. The lowest BCUT2D eigenvalue weighted by molar-refractivity contribution is -0.124. The maximum absolute atomic E-state index is 12.6. The Kier molecular flexibility index (Phi) is 2.73. The van der Waals surface area contributed by atoms with Gasteiger partial charge < -0.3 is 0 Å². The minimum atomic E-state index is 0.190. The summed E-state index contributed by atoms with van der Waals surface area (Å²) in [6, 6.07) is 9.95. The maximum atomic E-state index is 12.6. The van der Waals surface area contributed by atoms with E-state index in [-0.39, 0.29) is 11.8 Å². The molecule has 2 aliphatic rings. The third-order valence-corrected chi connectivity index (χ3v) is 4.45. The fourth-order valence-corrected chi connectivity index (χ4v) is 3.44. The molecule has 0 radical (unpaired) electrons. The molecule has 1 heterocycles. The van der Waals surface area contributed by atoms with Crippen molar-refractivity contribution in [3.63, 3.8) is 0 Å². The Morgan fingerprint density at radius 2 is 1.89 bits per heavy atom. The highest BCUT2D eigenvalue weighted by molar-refractivity contribution is 5.98. The van der Waals surface area contributed by atoms with Gasteiger partial charge in [0, 0.05) is 17.8 Å². The third-order valence-electron chi connectivity index (χ3n) is 4.45. The zero-order valence-electron chi connectivity index (χ0n) is 11.0. The van der Waals surface area contributed by atoms with E-state index in [9.17, 15) is 4.79 Å². The Morgan fingerprint density at radius 3 is 2.61 bits per heavy atom. The molecule has 1 amide bonds. The number of hydrogen-bond acceptors (Lipinski definition) is 1. The van der Waals surface area contributed by atoms with E-state index in [0.717, 1.165) is 5.69 Å². The SMILES string of the molecule is CC1=CN(c2ccccc2)C(=O)C2C1CC[C@@H]2C. The quantitative estimate of drug-likeness (QED) is 0.735. The van der Waals surface area contributed by atoms with E-state index >= 15 is 0 Å². The van der Waals surface area contributed by atoms with Gasteiger partial charge in [-0.05, 0) is 43.7 Å². The zero-order valence-corrected chi connectivity index (χ0v) is 11.0. The fourth-order valence-electron chi connectivity index (χ4n) is 3.44. The summed E-state index contributed by atoms with van der Waals surface area (Å²) in [4.78, 5) is 14.5. The van der Waals surface area contributed by atoms with Crippen molar-refractivity contribution in [2.75, 3.05) is 4.90 Å². The molecule has 94 valence electrons. The number of fused-ring (bicyclic) bond motifs is 1. The van der Waals surface area contributed by atoms with Crippen LogP contribution in [0.4, 0.5) is 5.69 Å². The van der Waals surface area contributed by atoms with Crippen molar-refractivity contribution in [2.24, 2.45) is 17.8 Å². The molecule has 1 saturated carbocycles. The average molecular weight is 241 g/mol. The van der Waals surface area contributed by atoms with Crippen LogP contribution >= 0.6 is 0 Å². The van der Waals surface area contributed by atoms with E-state index in [4.69, 9.17) is 0 Å². The Balaban J connectivity index is 2.00. The summed E-state index contributed by atoms with van der Waals surface area (Å²) in [5, 5.41) is 0. The molecule has 3 rings (SSSR count). The first-order valence-corrected chi connectivity index (χ1v) is 6.75. The lowest BCUT2D eigenvalue weighted by atomic mass is 9.82. The molecule has 0 spiro atoms. The van der Waals surface area contributed by atoms with Gasteiger partial charge in [0.05, 0.1) is 0 Å². The monoisotopic (exact) mass is 241 g/mol. The Morgan fingerprint density at radius 1 is 1.17 bits per heavy atom. The number of para-hydroxylation sites is 1. The van der Waals surface area contributed by atoms with Gasteiger partial charge in [0.25, 0.3) is 0 Å². The van der Waals surface area contributed by atoms with Gasteiger partial charge in [0.15, 0.2) is 0 Å². The highest BCUT2D eigenvalue weighted by atomic mass is 16.2. The van der Waals surface area contributed by atoms with Crippen LogP contribution in [0.1, 0.15) is 26.7 Å². The number of carbonyl (C=O) groups excluding carboxylic acids is 1. The number of hydrogen-bond donors (Lipinski definition) is 0. The minimum Gasteiger partial charge on any atom is -0.288 e. The van der Waals surface area contributed by atoms with Crippen molar-refractivity contribution in [2.45, 2.75) is 26.7 Å². The van der Waals surface area contributed by atoms with Gasteiger partial charge >= 0.3 is 0 Å². The van der Waals surface area contributed by atoms with Gasteiger partial charge in [-0.3, -0.25) is 9.69 Å². The summed E-state index contributed by atoms with van der Waals surface area (Å²) in [6.07, 6.45) is 4.38. The predicted octanol–water partition coefficient (Wildman–Crippen LogP) is 3.60. The van der Waals surface area contributed by atoms with E-state index in [0.29, 0.717) is 11.8 Å². The standard InChI is InChI=1S/C16H19NO/c1-11-8-9-14-12(2)10-17(16(18)15(11)14)13-6-4-3-5-7-13/h3-7,10-11,14-15H,8-9H2,1-2H3/t11-,14?,15?/m0/s1. The highest BCUT2D eigenvalue weighted by Crippen LogP contribution is 2.45. The summed E-state index contributed by atoms with van der Waals surface area (Å²) < 4.78 is 0. The molecule has 2 nitrogen and oxygen atoms in total. The number of allylic oxidation sites excluding steroid dienone is 1. The van der Waals surface area contributed by atoms with E-state index < -0.39 is 0 Å². The summed E-state index contributed by atoms with van der Waals surface area (Å²) in [5.74, 6) is 1.46. The van der Waals surface area contributed by atoms with Crippen LogP contribution in [-0.4, -0.2) is 5.91 Å². The lowest BCUT2D eigenvalue weighted by Gasteiger charge is -2.34. The van der Waals surface area contributed by atoms with Gasteiger partial charge in [-0.25, -0.2) is 0 Å². The van der Waals surface area contributed by atoms with Crippen molar-refractivity contribution in [3.8, 4) is 0 Å². The first kappa shape index (κ1) is 11.5. The van der Waals surface area contributed by atoms with Crippen molar-refractivity contribution in [1.82, 2.24) is 0 Å². The van der Waals surface area contributed by atoms with Crippen LogP contribution in [-0.2, 0) is 4.79 Å². The number of anilines is 1. The van der Waals surface area contributed by atoms with E-state index in [1.165, 1.54) is 18.4 Å². The third kappa shape index (κ3) is 1.67. The van der Waals surface area contributed by atoms with Crippen LogP contribution in [0.5, 0.6) is 0 Å². The second-order valence-corrected chi connectivity index (χ2v) is 5.60. The number of carbonyl (C=O) groups is 1. The van der Waals surface area contributed by atoms with Gasteiger partial charge in [-0.1, -0.05) is 30.7 Å². The van der Waals surface area contributed by atoms with Crippen LogP contribution in [0.15, 0.2) is 42.1 Å². The maximum Gasteiger partial charge on any atom is 0.235 e.